The molecule has 1 aromatic carbocycles. The number of halogens is 1. The maximum Gasteiger partial charge on any atom is 0.319 e. The maximum atomic E-state index is 12.7. The van der Waals surface area contributed by atoms with Gasteiger partial charge in [0.15, 0.2) is 0 Å². The van der Waals surface area contributed by atoms with Crippen LogP contribution < -0.4 is 15.8 Å². The fourth-order valence-electron chi connectivity index (χ4n) is 4.07. The second-order valence-electron chi connectivity index (χ2n) is 8.21. The lowest BCUT2D eigenvalue weighted by Gasteiger charge is -2.37. The van der Waals surface area contributed by atoms with E-state index in [-0.39, 0.29) is 28.6 Å². The number of aliphatic hydroxyl groups excluding tert-OH is 1. The molecule has 172 valence electrons. The van der Waals surface area contributed by atoms with Crippen molar-refractivity contribution in [1.29, 1.82) is 0 Å². The van der Waals surface area contributed by atoms with Gasteiger partial charge in [0.25, 0.3) is 5.91 Å². The number of anilines is 1. The lowest BCUT2D eigenvalue weighted by Crippen LogP contribution is -2.55. The Hall–Kier alpha value is -2.23. The van der Waals surface area contributed by atoms with Gasteiger partial charge in [-0.1, -0.05) is 11.6 Å². The number of aliphatic hydroxyl groups is 1. The topological polar surface area (TPSA) is 111 Å². The Morgan fingerprint density at radius 1 is 1.32 bits per heavy atom. The SMILES string of the molecule is COc1cc(N)c(Cl)cc1C(=O)N[C@@H]1CCN(CCN(C)C(=O)N2CCCC2)C[C@@H]1O. The van der Waals surface area contributed by atoms with Crippen LogP contribution in [0, 0.1) is 0 Å². The summed E-state index contributed by atoms with van der Waals surface area (Å²) in [7, 11) is 3.27. The van der Waals surface area contributed by atoms with Crippen LogP contribution in [-0.2, 0) is 0 Å². The number of nitrogen functional groups attached to an aromatic ring is 1. The summed E-state index contributed by atoms with van der Waals surface area (Å²) >= 11 is 6.05. The van der Waals surface area contributed by atoms with Gasteiger partial charge in [-0.15, -0.1) is 0 Å². The van der Waals surface area contributed by atoms with E-state index >= 15 is 0 Å². The number of carbonyl (C=O) groups excluding carboxylic acids is 2. The standard InChI is InChI=1S/C21H32ClN5O4/c1-25(21(30)27-6-3-4-7-27)9-10-26-8-5-17(18(28)13-26)24-20(29)14-11-15(22)16(23)12-19(14)31-2/h11-12,17-18,28H,3-10,13,23H2,1-2H3,(H,24,29)/t17-,18+/m1/s1. The minimum absolute atomic E-state index is 0.0660. The number of nitrogens with one attached hydrogen (secondary N) is 1. The molecule has 3 amide bonds. The van der Waals surface area contributed by atoms with Crippen LogP contribution in [0.2, 0.25) is 5.02 Å². The van der Waals surface area contributed by atoms with Gasteiger partial charge in [0.05, 0.1) is 35.5 Å². The molecule has 2 aliphatic rings. The van der Waals surface area contributed by atoms with Crippen molar-refractivity contribution >= 4 is 29.2 Å². The van der Waals surface area contributed by atoms with Crippen LogP contribution >= 0.6 is 11.6 Å². The van der Waals surface area contributed by atoms with E-state index in [1.165, 1.54) is 19.2 Å². The van der Waals surface area contributed by atoms with Gasteiger partial charge in [-0.05, 0) is 25.3 Å². The first-order valence-electron chi connectivity index (χ1n) is 10.6. The number of piperidine rings is 1. The zero-order chi connectivity index (χ0) is 22.5. The fraction of sp³-hybridized carbons (Fsp3) is 0.619. The van der Waals surface area contributed by atoms with E-state index in [1.54, 1.807) is 4.90 Å². The number of carbonyl (C=O) groups is 2. The number of nitrogens with two attached hydrogens (primary N) is 1. The number of hydrogen-bond acceptors (Lipinski definition) is 6. The number of benzene rings is 1. The van der Waals surface area contributed by atoms with Gasteiger partial charge in [0, 0.05) is 52.4 Å². The number of likely N-dealkylation sites (N-methyl/N-ethyl adjacent to an activating group) is 1. The Morgan fingerprint density at radius 2 is 2.03 bits per heavy atom. The average Bonchev–Trinajstić information content (AvgIpc) is 3.29. The van der Waals surface area contributed by atoms with E-state index in [9.17, 15) is 14.7 Å². The molecule has 0 aromatic heterocycles. The normalized spacial score (nSPS) is 21.7. The van der Waals surface area contributed by atoms with Crippen molar-refractivity contribution in [2.24, 2.45) is 0 Å². The van der Waals surface area contributed by atoms with Gasteiger partial charge in [-0.2, -0.15) is 0 Å². The summed E-state index contributed by atoms with van der Waals surface area (Å²) in [6.07, 6.45) is 2.02. The van der Waals surface area contributed by atoms with E-state index in [1.807, 2.05) is 11.9 Å². The van der Waals surface area contributed by atoms with Gasteiger partial charge in [0.2, 0.25) is 0 Å². The Morgan fingerprint density at radius 3 is 2.68 bits per heavy atom. The highest BCUT2D eigenvalue weighted by molar-refractivity contribution is 6.33. The molecule has 2 aliphatic heterocycles. The largest absolute Gasteiger partial charge is 0.496 e. The predicted octanol–water partition coefficient (Wildman–Crippen LogP) is 1.24. The Balaban J connectivity index is 1.49. The molecule has 9 nitrogen and oxygen atoms in total. The summed E-state index contributed by atoms with van der Waals surface area (Å²) in [5, 5.41) is 13.7. The fourth-order valence-corrected chi connectivity index (χ4v) is 4.23. The first-order chi connectivity index (χ1) is 14.8. The number of methoxy groups -OCH3 is 1. The lowest BCUT2D eigenvalue weighted by atomic mass is 10.0. The summed E-state index contributed by atoms with van der Waals surface area (Å²) in [6, 6.07) is 2.67. The predicted molar refractivity (Wildman–Crippen MR) is 120 cm³/mol. The molecule has 1 aromatic rings. The third-order valence-electron chi connectivity index (χ3n) is 6.00. The van der Waals surface area contributed by atoms with Gasteiger partial charge < -0.3 is 30.7 Å². The molecule has 2 heterocycles. The summed E-state index contributed by atoms with van der Waals surface area (Å²) < 4.78 is 5.24. The minimum Gasteiger partial charge on any atom is -0.496 e. The van der Waals surface area contributed by atoms with Crippen molar-refractivity contribution < 1.29 is 19.4 Å². The lowest BCUT2D eigenvalue weighted by molar-refractivity contribution is 0.0356. The molecular weight excluding hydrogens is 422 g/mol. The number of ether oxygens (including phenoxy) is 1. The molecule has 4 N–H and O–H groups in total. The highest BCUT2D eigenvalue weighted by atomic mass is 35.5. The Labute approximate surface area is 188 Å². The van der Waals surface area contributed by atoms with Crippen molar-refractivity contribution in [3.05, 3.63) is 22.7 Å². The highest BCUT2D eigenvalue weighted by Gasteiger charge is 2.30. The zero-order valence-electron chi connectivity index (χ0n) is 18.1. The first-order valence-corrected chi connectivity index (χ1v) is 11.0. The molecule has 0 unspecified atom stereocenters. The quantitative estimate of drug-likeness (QED) is 0.559. The third-order valence-corrected chi connectivity index (χ3v) is 6.33. The van der Waals surface area contributed by atoms with Crippen LogP contribution in [0.5, 0.6) is 5.75 Å². The number of rotatable bonds is 6. The first kappa shape index (κ1) is 23.4. The van der Waals surface area contributed by atoms with Gasteiger partial charge in [-0.25, -0.2) is 4.79 Å². The van der Waals surface area contributed by atoms with E-state index < -0.39 is 6.10 Å². The Bertz CT molecular complexity index is 802. The molecule has 0 aliphatic carbocycles. The van der Waals surface area contributed by atoms with Crippen molar-refractivity contribution in [3.8, 4) is 5.75 Å². The second kappa shape index (κ2) is 10.4. The summed E-state index contributed by atoms with van der Waals surface area (Å²) in [5.41, 5.74) is 6.38. The summed E-state index contributed by atoms with van der Waals surface area (Å²) in [4.78, 5) is 30.9. The monoisotopic (exact) mass is 453 g/mol. The van der Waals surface area contributed by atoms with Crippen molar-refractivity contribution in [2.45, 2.75) is 31.4 Å². The van der Waals surface area contributed by atoms with Crippen LogP contribution in [0.1, 0.15) is 29.6 Å². The third kappa shape index (κ3) is 5.72. The average molecular weight is 454 g/mol. The second-order valence-corrected chi connectivity index (χ2v) is 8.62. The molecule has 2 atom stereocenters. The zero-order valence-corrected chi connectivity index (χ0v) is 18.9. The van der Waals surface area contributed by atoms with Crippen LogP contribution in [0.4, 0.5) is 10.5 Å². The molecule has 0 bridgehead atoms. The number of urea groups is 1. The van der Waals surface area contributed by atoms with Crippen LogP contribution in [0.15, 0.2) is 12.1 Å². The van der Waals surface area contributed by atoms with Gasteiger partial charge in [0.1, 0.15) is 5.75 Å². The van der Waals surface area contributed by atoms with Gasteiger partial charge >= 0.3 is 6.03 Å². The van der Waals surface area contributed by atoms with Crippen molar-refractivity contribution in [3.63, 3.8) is 0 Å². The number of likely N-dealkylation sites (tertiary alicyclic amines) is 2. The van der Waals surface area contributed by atoms with Gasteiger partial charge in [-0.3, -0.25) is 9.69 Å². The smallest absolute Gasteiger partial charge is 0.319 e. The summed E-state index contributed by atoms with van der Waals surface area (Å²) in [6.45, 7) is 4.08. The van der Waals surface area contributed by atoms with E-state index in [4.69, 9.17) is 22.1 Å². The van der Waals surface area contributed by atoms with Crippen LogP contribution in [0.3, 0.4) is 0 Å². The number of β-amino-alcohol motifs (C(OH)–C–C–N with tert-alkyl or cyclic N) is 1. The molecule has 3 rings (SSSR count). The Kier molecular flexibility index (Phi) is 7.85. The summed E-state index contributed by atoms with van der Waals surface area (Å²) in [5.74, 6) is -0.0378. The molecule has 0 saturated carbocycles. The molecule has 2 fully saturated rings. The molecule has 31 heavy (non-hydrogen) atoms. The van der Waals surface area contributed by atoms with E-state index in [2.05, 4.69) is 10.2 Å². The molecule has 0 spiro atoms. The van der Waals surface area contributed by atoms with E-state index in [0.29, 0.717) is 44.0 Å². The molecule has 2 saturated heterocycles. The molecule has 10 heteroatoms. The highest BCUT2D eigenvalue weighted by Crippen LogP contribution is 2.29. The van der Waals surface area contributed by atoms with Crippen LogP contribution in [-0.4, -0.2) is 97.3 Å². The molecular formula is C21H32ClN5O4. The minimum atomic E-state index is -0.715. The van der Waals surface area contributed by atoms with Crippen molar-refractivity contribution in [2.75, 3.05) is 59.2 Å². The van der Waals surface area contributed by atoms with Crippen LogP contribution in [0.25, 0.3) is 0 Å². The maximum absolute atomic E-state index is 12.7. The molecule has 0 radical (unpaired) electrons. The van der Waals surface area contributed by atoms with E-state index in [0.717, 1.165) is 25.9 Å². The number of hydrogen-bond donors (Lipinski definition) is 3. The van der Waals surface area contributed by atoms with Crippen molar-refractivity contribution in [1.82, 2.24) is 20.0 Å². The number of amides is 3. The number of nitrogens with zero attached hydrogens (tertiary/aromatic N) is 3.